The largest absolute Gasteiger partial charge is 0.493 e. The van der Waals surface area contributed by atoms with Crippen molar-refractivity contribution in [2.45, 2.75) is 58.3 Å². The average molecular weight is 480 g/mol. The maximum absolute atomic E-state index is 13.6. The minimum Gasteiger partial charge on any atom is -0.493 e. The van der Waals surface area contributed by atoms with Crippen LogP contribution < -0.4 is 14.8 Å². The summed E-state index contributed by atoms with van der Waals surface area (Å²) in [6.45, 7) is 6.09. The van der Waals surface area contributed by atoms with E-state index in [0.717, 1.165) is 29.9 Å². The molecular weight excluding hydrogens is 446 g/mol. The van der Waals surface area contributed by atoms with Crippen molar-refractivity contribution < 1.29 is 28.2 Å². The summed E-state index contributed by atoms with van der Waals surface area (Å²) in [6.07, 6.45) is 2.66. The second-order valence-corrected chi connectivity index (χ2v) is 9.07. The van der Waals surface area contributed by atoms with Crippen LogP contribution in [0.5, 0.6) is 11.5 Å². The number of furan rings is 1. The SMILES string of the molecule is CCCCOC(=O)C1=C(C)NC2=C(C(=O)CC(c3ccc(OC)c(OC)c3)C2)C1c1ccc(C)o1. The number of Topliss-reactive ketones (excluding diaryl/α,β-unsaturated/α-hetero) is 1. The second kappa shape index (κ2) is 10.4. The lowest BCUT2D eigenvalue weighted by molar-refractivity contribution is -0.139. The number of nitrogens with one attached hydrogen (secondary N) is 1. The molecule has 0 radical (unpaired) electrons. The first-order chi connectivity index (χ1) is 16.9. The summed E-state index contributed by atoms with van der Waals surface area (Å²) in [4.78, 5) is 26.8. The van der Waals surface area contributed by atoms with Crippen LogP contribution in [0.2, 0.25) is 0 Å². The van der Waals surface area contributed by atoms with Gasteiger partial charge < -0.3 is 23.9 Å². The van der Waals surface area contributed by atoms with Crippen LogP contribution in [0.3, 0.4) is 0 Å². The van der Waals surface area contributed by atoms with E-state index >= 15 is 0 Å². The van der Waals surface area contributed by atoms with Gasteiger partial charge in [0, 0.05) is 23.4 Å². The van der Waals surface area contributed by atoms with Crippen molar-refractivity contribution in [1.82, 2.24) is 5.32 Å². The molecule has 2 unspecified atom stereocenters. The first-order valence-electron chi connectivity index (χ1n) is 12.1. The first kappa shape index (κ1) is 24.6. The molecule has 0 spiro atoms. The van der Waals surface area contributed by atoms with Gasteiger partial charge in [0.25, 0.3) is 0 Å². The van der Waals surface area contributed by atoms with E-state index < -0.39 is 11.9 Å². The van der Waals surface area contributed by atoms with Crippen LogP contribution in [0.15, 0.2) is 57.3 Å². The predicted octanol–water partition coefficient (Wildman–Crippen LogP) is 5.31. The summed E-state index contributed by atoms with van der Waals surface area (Å²) in [6, 6.07) is 9.46. The van der Waals surface area contributed by atoms with Crippen molar-refractivity contribution in [3.63, 3.8) is 0 Å². The zero-order chi connectivity index (χ0) is 25.1. The second-order valence-electron chi connectivity index (χ2n) is 9.07. The van der Waals surface area contributed by atoms with Gasteiger partial charge in [-0.05, 0) is 62.4 Å². The third-order valence-electron chi connectivity index (χ3n) is 6.70. The number of benzene rings is 1. The lowest BCUT2D eigenvalue weighted by Gasteiger charge is -2.35. The summed E-state index contributed by atoms with van der Waals surface area (Å²) in [7, 11) is 3.20. The van der Waals surface area contributed by atoms with Crippen molar-refractivity contribution in [3.05, 3.63) is 70.0 Å². The molecule has 2 heterocycles. The minimum absolute atomic E-state index is 0.0102. The van der Waals surface area contributed by atoms with E-state index in [1.807, 2.05) is 51.1 Å². The van der Waals surface area contributed by atoms with E-state index in [0.29, 0.717) is 53.6 Å². The van der Waals surface area contributed by atoms with Gasteiger partial charge in [0.15, 0.2) is 17.3 Å². The Bertz CT molecular complexity index is 1190. The summed E-state index contributed by atoms with van der Waals surface area (Å²) < 4.78 is 22.3. The fraction of sp³-hybridized carbons (Fsp3) is 0.429. The molecule has 7 nitrogen and oxygen atoms in total. The number of methoxy groups -OCH3 is 2. The van der Waals surface area contributed by atoms with Crippen molar-refractivity contribution in [2.24, 2.45) is 0 Å². The van der Waals surface area contributed by atoms with Gasteiger partial charge in [-0.2, -0.15) is 0 Å². The Morgan fingerprint density at radius 1 is 1.09 bits per heavy atom. The number of carbonyl (C=O) groups is 2. The molecule has 0 saturated heterocycles. The number of rotatable bonds is 8. The van der Waals surface area contributed by atoms with Crippen LogP contribution in [-0.2, 0) is 14.3 Å². The molecule has 2 atom stereocenters. The normalized spacial score (nSPS) is 19.9. The Morgan fingerprint density at radius 2 is 1.86 bits per heavy atom. The Kier molecular flexibility index (Phi) is 7.34. The molecule has 0 fully saturated rings. The standard InChI is InChI=1S/C28H33NO6/c1-6-7-12-34-28(31)25-17(3)29-20-13-19(18-9-11-22(32-4)24(15-18)33-5)14-21(30)26(20)27(25)23-10-8-16(2)35-23/h8-11,15,19,27,29H,6-7,12-14H2,1-5H3. The molecule has 1 aliphatic carbocycles. The highest BCUT2D eigenvalue weighted by Crippen LogP contribution is 2.46. The molecule has 35 heavy (non-hydrogen) atoms. The molecule has 1 aliphatic heterocycles. The van der Waals surface area contributed by atoms with Gasteiger partial charge in [0.1, 0.15) is 11.5 Å². The number of aryl methyl sites for hydroxylation is 1. The Hall–Kier alpha value is -3.48. The first-order valence-corrected chi connectivity index (χ1v) is 12.1. The monoisotopic (exact) mass is 479 g/mol. The van der Waals surface area contributed by atoms with Crippen LogP contribution in [0.4, 0.5) is 0 Å². The lowest BCUT2D eigenvalue weighted by atomic mass is 9.73. The van der Waals surface area contributed by atoms with Crippen LogP contribution in [-0.4, -0.2) is 32.6 Å². The molecule has 2 aliphatic rings. The summed E-state index contributed by atoms with van der Waals surface area (Å²) >= 11 is 0. The third-order valence-corrected chi connectivity index (χ3v) is 6.70. The van der Waals surface area contributed by atoms with E-state index in [-0.39, 0.29) is 11.7 Å². The number of esters is 1. The van der Waals surface area contributed by atoms with Crippen LogP contribution in [0, 0.1) is 6.92 Å². The van der Waals surface area contributed by atoms with Crippen LogP contribution >= 0.6 is 0 Å². The van der Waals surface area contributed by atoms with E-state index in [4.69, 9.17) is 18.6 Å². The highest BCUT2D eigenvalue weighted by Gasteiger charge is 2.42. The Morgan fingerprint density at radius 3 is 2.51 bits per heavy atom. The molecule has 0 bridgehead atoms. The van der Waals surface area contributed by atoms with E-state index in [2.05, 4.69) is 5.32 Å². The highest BCUT2D eigenvalue weighted by atomic mass is 16.5. The molecular formula is C28H33NO6. The van der Waals surface area contributed by atoms with Gasteiger partial charge in [-0.25, -0.2) is 4.79 Å². The van der Waals surface area contributed by atoms with Gasteiger partial charge in [0.2, 0.25) is 0 Å². The number of hydrogen-bond acceptors (Lipinski definition) is 7. The van der Waals surface area contributed by atoms with Crippen LogP contribution in [0.25, 0.3) is 0 Å². The van der Waals surface area contributed by atoms with Crippen molar-refractivity contribution >= 4 is 11.8 Å². The van der Waals surface area contributed by atoms with Crippen molar-refractivity contribution in [3.8, 4) is 11.5 Å². The van der Waals surface area contributed by atoms with Crippen molar-refractivity contribution in [2.75, 3.05) is 20.8 Å². The van der Waals surface area contributed by atoms with Crippen LogP contribution in [0.1, 0.15) is 68.5 Å². The summed E-state index contributed by atoms with van der Waals surface area (Å²) in [5.41, 5.74) is 3.53. The van der Waals surface area contributed by atoms with Crippen molar-refractivity contribution in [1.29, 1.82) is 0 Å². The predicted molar refractivity (Wildman–Crippen MR) is 131 cm³/mol. The minimum atomic E-state index is -0.590. The number of dihydropyridines is 1. The maximum Gasteiger partial charge on any atom is 0.336 e. The fourth-order valence-corrected chi connectivity index (χ4v) is 4.93. The third kappa shape index (κ3) is 4.85. The Balaban J connectivity index is 1.71. The molecule has 1 N–H and O–H groups in total. The average Bonchev–Trinajstić information content (AvgIpc) is 3.28. The molecule has 1 aromatic carbocycles. The van der Waals surface area contributed by atoms with E-state index in [1.54, 1.807) is 14.2 Å². The van der Waals surface area contributed by atoms with E-state index in [9.17, 15) is 9.59 Å². The number of carbonyl (C=O) groups excluding carboxylic acids is 2. The molecule has 1 aromatic heterocycles. The number of ether oxygens (including phenoxy) is 3. The van der Waals surface area contributed by atoms with Gasteiger partial charge in [0.05, 0.1) is 32.3 Å². The maximum atomic E-state index is 13.6. The van der Waals surface area contributed by atoms with Gasteiger partial charge in [-0.1, -0.05) is 19.4 Å². The molecule has 186 valence electrons. The van der Waals surface area contributed by atoms with Gasteiger partial charge >= 0.3 is 5.97 Å². The topological polar surface area (TPSA) is 87.0 Å². The number of allylic oxidation sites excluding steroid dienone is 3. The number of unbranched alkanes of at least 4 members (excludes halogenated alkanes) is 1. The van der Waals surface area contributed by atoms with Gasteiger partial charge in [-0.3, -0.25) is 4.79 Å². The summed E-state index contributed by atoms with van der Waals surface area (Å²) in [5, 5.41) is 3.37. The zero-order valence-corrected chi connectivity index (χ0v) is 21.0. The van der Waals surface area contributed by atoms with E-state index in [1.165, 1.54) is 0 Å². The summed E-state index contributed by atoms with van der Waals surface area (Å²) in [5.74, 6) is 1.54. The number of ketones is 1. The lowest BCUT2D eigenvalue weighted by Crippen LogP contribution is -2.36. The highest BCUT2D eigenvalue weighted by molar-refractivity contribution is 6.04. The zero-order valence-electron chi connectivity index (χ0n) is 21.0. The molecule has 0 amide bonds. The van der Waals surface area contributed by atoms with Gasteiger partial charge in [-0.15, -0.1) is 0 Å². The quantitative estimate of drug-likeness (QED) is 0.405. The molecule has 4 rings (SSSR count). The molecule has 7 heteroatoms. The number of hydrogen-bond donors (Lipinski definition) is 1. The fourth-order valence-electron chi connectivity index (χ4n) is 4.93. The smallest absolute Gasteiger partial charge is 0.336 e. The molecule has 2 aromatic rings. The Labute approximate surface area is 206 Å². The molecule has 0 saturated carbocycles.